The Balaban J connectivity index is 1.72. The molecule has 2 fully saturated rings. The summed E-state index contributed by atoms with van der Waals surface area (Å²) in [5, 5.41) is 3.66. The Kier molecular flexibility index (Phi) is 5.01. The molecule has 4 heteroatoms. The van der Waals surface area contributed by atoms with Crippen LogP contribution >= 0.6 is 0 Å². The van der Waals surface area contributed by atoms with Crippen molar-refractivity contribution >= 4 is 5.97 Å². The molecule has 2 saturated carbocycles. The lowest BCUT2D eigenvalue weighted by Crippen LogP contribution is -2.50. The van der Waals surface area contributed by atoms with E-state index in [0.717, 1.165) is 32.1 Å². The minimum absolute atomic E-state index is 0.00706. The highest BCUT2D eigenvalue weighted by Crippen LogP contribution is 2.29. The smallest absolute Gasteiger partial charge is 0.308 e. The number of methoxy groups -OCH3 is 1. The van der Waals surface area contributed by atoms with Crippen molar-refractivity contribution in [2.24, 2.45) is 5.92 Å². The normalized spacial score (nSPS) is 35.9. The van der Waals surface area contributed by atoms with Crippen LogP contribution in [0.5, 0.6) is 0 Å². The second-order valence-electron chi connectivity index (χ2n) is 5.51. The second-order valence-corrected chi connectivity index (χ2v) is 5.51. The summed E-state index contributed by atoms with van der Waals surface area (Å²) in [6, 6.07) is 1.07. The molecule has 0 aromatic heterocycles. The Morgan fingerprint density at radius 3 is 2.67 bits per heavy atom. The lowest BCUT2D eigenvalue weighted by atomic mass is 9.83. The average Bonchev–Trinajstić information content (AvgIpc) is 2.34. The molecular formula is C14H25NO3. The fraction of sp³-hybridized carbons (Fsp3) is 0.929. The lowest BCUT2D eigenvalue weighted by Gasteiger charge is -2.39. The van der Waals surface area contributed by atoms with Crippen LogP contribution in [0, 0.1) is 5.92 Å². The number of nitrogens with one attached hydrogen (secondary N) is 1. The quantitative estimate of drug-likeness (QED) is 0.762. The molecule has 0 heterocycles. The molecule has 0 aromatic rings. The Morgan fingerprint density at radius 2 is 2.00 bits per heavy atom. The summed E-state index contributed by atoms with van der Waals surface area (Å²) in [5.74, 6) is 0.0990. The van der Waals surface area contributed by atoms with Crippen molar-refractivity contribution in [3.05, 3.63) is 0 Å². The SMILES string of the molecule is CCOC(=O)C1CCCC(NC2CC(OC)C2)C1. The minimum Gasteiger partial charge on any atom is -0.466 e. The molecule has 2 aliphatic rings. The van der Waals surface area contributed by atoms with E-state index in [0.29, 0.717) is 24.8 Å². The molecule has 2 rings (SSSR count). The molecule has 18 heavy (non-hydrogen) atoms. The highest BCUT2D eigenvalue weighted by atomic mass is 16.5. The van der Waals surface area contributed by atoms with Gasteiger partial charge < -0.3 is 14.8 Å². The maximum atomic E-state index is 11.7. The summed E-state index contributed by atoms with van der Waals surface area (Å²) in [5.41, 5.74) is 0. The largest absolute Gasteiger partial charge is 0.466 e. The van der Waals surface area contributed by atoms with Crippen LogP contribution in [-0.2, 0) is 14.3 Å². The Morgan fingerprint density at radius 1 is 1.22 bits per heavy atom. The van der Waals surface area contributed by atoms with Crippen LogP contribution in [0.1, 0.15) is 45.4 Å². The zero-order valence-corrected chi connectivity index (χ0v) is 11.5. The van der Waals surface area contributed by atoms with Gasteiger partial charge in [-0.25, -0.2) is 0 Å². The van der Waals surface area contributed by atoms with Crippen LogP contribution < -0.4 is 5.32 Å². The molecule has 0 bridgehead atoms. The topological polar surface area (TPSA) is 47.6 Å². The average molecular weight is 255 g/mol. The molecule has 0 aromatic carbocycles. The Bertz CT molecular complexity index is 276. The molecule has 4 nitrogen and oxygen atoms in total. The third-order valence-corrected chi connectivity index (χ3v) is 4.19. The van der Waals surface area contributed by atoms with Crippen molar-refractivity contribution in [2.45, 2.75) is 63.6 Å². The van der Waals surface area contributed by atoms with E-state index in [1.165, 1.54) is 6.42 Å². The number of esters is 1. The van der Waals surface area contributed by atoms with Crippen LogP contribution in [0.3, 0.4) is 0 Å². The molecule has 104 valence electrons. The molecule has 1 N–H and O–H groups in total. The summed E-state index contributed by atoms with van der Waals surface area (Å²) < 4.78 is 10.4. The second kappa shape index (κ2) is 6.53. The van der Waals surface area contributed by atoms with Crippen LogP contribution in [-0.4, -0.2) is 37.9 Å². The van der Waals surface area contributed by atoms with Gasteiger partial charge in [-0.2, -0.15) is 0 Å². The van der Waals surface area contributed by atoms with Crippen molar-refractivity contribution in [3.63, 3.8) is 0 Å². The van der Waals surface area contributed by atoms with E-state index < -0.39 is 0 Å². The van der Waals surface area contributed by atoms with Gasteiger partial charge >= 0.3 is 5.97 Å². The maximum absolute atomic E-state index is 11.7. The summed E-state index contributed by atoms with van der Waals surface area (Å²) in [6.45, 7) is 2.36. The van der Waals surface area contributed by atoms with Crippen LogP contribution in [0.4, 0.5) is 0 Å². The third kappa shape index (κ3) is 3.45. The number of rotatable bonds is 5. The molecule has 0 amide bonds. The molecule has 2 unspecified atom stereocenters. The fourth-order valence-corrected chi connectivity index (χ4v) is 3.04. The third-order valence-electron chi connectivity index (χ3n) is 4.19. The minimum atomic E-state index is -0.00706. The molecule has 0 aliphatic heterocycles. The first kappa shape index (κ1) is 13.8. The van der Waals surface area contributed by atoms with E-state index in [1.54, 1.807) is 7.11 Å². The van der Waals surface area contributed by atoms with E-state index in [4.69, 9.17) is 9.47 Å². The van der Waals surface area contributed by atoms with Gasteiger partial charge in [0.15, 0.2) is 0 Å². The first-order chi connectivity index (χ1) is 8.72. The van der Waals surface area contributed by atoms with Gasteiger partial charge in [0.25, 0.3) is 0 Å². The predicted molar refractivity (Wildman–Crippen MR) is 69.3 cm³/mol. The van der Waals surface area contributed by atoms with E-state index >= 15 is 0 Å². The molecular weight excluding hydrogens is 230 g/mol. The first-order valence-corrected chi connectivity index (χ1v) is 7.18. The van der Waals surface area contributed by atoms with Crippen molar-refractivity contribution in [1.29, 1.82) is 0 Å². The summed E-state index contributed by atoms with van der Waals surface area (Å²) in [6.07, 6.45) is 6.89. The monoisotopic (exact) mass is 255 g/mol. The highest BCUT2D eigenvalue weighted by molar-refractivity contribution is 5.72. The number of hydrogen-bond acceptors (Lipinski definition) is 4. The van der Waals surface area contributed by atoms with Crippen LogP contribution in [0.15, 0.2) is 0 Å². The van der Waals surface area contributed by atoms with Gasteiger partial charge in [0.2, 0.25) is 0 Å². The van der Waals surface area contributed by atoms with Crippen molar-refractivity contribution in [1.82, 2.24) is 5.32 Å². The van der Waals surface area contributed by atoms with E-state index in [-0.39, 0.29) is 11.9 Å². The molecule has 2 atom stereocenters. The van der Waals surface area contributed by atoms with Crippen LogP contribution in [0.2, 0.25) is 0 Å². The van der Waals surface area contributed by atoms with Gasteiger partial charge in [-0.05, 0) is 39.0 Å². The Labute approximate surface area is 109 Å². The van der Waals surface area contributed by atoms with Gasteiger partial charge in [0, 0.05) is 19.2 Å². The van der Waals surface area contributed by atoms with Crippen molar-refractivity contribution in [3.8, 4) is 0 Å². The van der Waals surface area contributed by atoms with Gasteiger partial charge in [0.1, 0.15) is 0 Å². The zero-order valence-electron chi connectivity index (χ0n) is 11.5. The van der Waals surface area contributed by atoms with Gasteiger partial charge in [-0.1, -0.05) is 6.42 Å². The van der Waals surface area contributed by atoms with E-state index in [1.807, 2.05) is 6.92 Å². The standard InChI is InChI=1S/C14H25NO3/c1-3-18-14(16)10-5-4-6-11(7-10)15-12-8-13(9-12)17-2/h10-13,15H,3-9H2,1-2H3. The zero-order chi connectivity index (χ0) is 13.0. The summed E-state index contributed by atoms with van der Waals surface area (Å²) in [4.78, 5) is 11.7. The summed E-state index contributed by atoms with van der Waals surface area (Å²) in [7, 11) is 1.78. The molecule has 0 spiro atoms. The number of ether oxygens (including phenoxy) is 2. The van der Waals surface area contributed by atoms with Crippen molar-refractivity contribution < 1.29 is 14.3 Å². The molecule has 2 aliphatic carbocycles. The Hall–Kier alpha value is -0.610. The van der Waals surface area contributed by atoms with E-state index in [2.05, 4.69) is 5.32 Å². The van der Waals surface area contributed by atoms with Crippen LogP contribution in [0.25, 0.3) is 0 Å². The highest BCUT2D eigenvalue weighted by Gasteiger charge is 2.33. The number of carbonyl (C=O) groups excluding carboxylic acids is 1. The lowest BCUT2D eigenvalue weighted by molar-refractivity contribution is -0.149. The van der Waals surface area contributed by atoms with Crippen molar-refractivity contribution in [2.75, 3.05) is 13.7 Å². The van der Waals surface area contributed by atoms with Gasteiger partial charge in [-0.3, -0.25) is 4.79 Å². The molecule has 0 saturated heterocycles. The number of carbonyl (C=O) groups is 1. The van der Waals surface area contributed by atoms with E-state index in [9.17, 15) is 4.79 Å². The fourth-order valence-electron chi connectivity index (χ4n) is 3.04. The van der Waals surface area contributed by atoms with Gasteiger partial charge in [-0.15, -0.1) is 0 Å². The first-order valence-electron chi connectivity index (χ1n) is 7.18. The maximum Gasteiger partial charge on any atom is 0.308 e. The predicted octanol–water partition coefficient (Wildman–Crippen LogP) is 1.88. The summed E-state index contributed by atoms with van der Waals surface area (Å²) >= 11 is 0. The van der Waals surface area contributed by atoms with Gasteiger partial charge in [0.05, 0.1) is 18.6 Å². The number of hydrogen-bond donors (Lipinski definition) is 1. The molecule has 0 radical (unpaired) electrons.